The molecule has 1 aliphatic carbocycles. The number of rotatable bonds is 23. The van der Waals surface area contributed by atoms with Crippen LogP contribution in [-0.4, -0.2) is 35.5 Å². The Morgan fingerprint density at radius 3 is 2.00 bits per heavy atom. The molecule has 4 atom stereocenters. The smallest absolute Gasteiger partial charge is 0.293 e. The first kappa shape index (κ1) is 37.5. The summed E-state index contributed by atoms with van der Waals surface area (Å²) in [5.74, 6) is 0.418. The van der Waals surface area contributed by atoms with Crippen molar-refractivity contribution in [2.24, 2.45) is 5.92 Å². The predicted octanol–water partition coefficient (Wildman–Crippen LogP) is 10.9. The van der Waals surface area contributed by atoms with Crippen LogP contribution < -0.4 is 0 Å². The summed E-state index contributed by atoms with van der Waals surface area (Å²) >= 11 is 0. The molecule has 0 radical (unpaired) electrons. The topological polar surface area (TPSA) is 55.8 Å². The minimum Gasteiger partial charge on any atom is -0.468 e. The lowest BCUT2D eigenvalue weighted by atomic mass is 9.82. The molecule has 4 nitrogen and oxygen atoms in total. The van der Waals surface area contributed by atoms with E-state index < -0.39 is 5.60 Å². The molecule has 2 aliphatic rings. The highest BCUT2D eigenvalue weighted by atomic mass is 16.5. The van der Waals surface area contributed by atoms with Gasteiger partial charge >= 0.3 is 0 Å². The van der Waals surface area contributed by atoms with Crippen LogP contribution >= 0.6 is 0 Å². The zero-order valence-corrected chi connectivity index (χ0v) is 28.3. The van der Waals surface area contributed by atoms with Crippen LogP contribution in [0.25, 0.3) is 0 Å². The van der Waals surface area contributed by atoms with Crippen LogP contribution in [0.2, 0.25) is 0 Å². The van der Waals surface area contributed by atoms with Gasteiger partial charge in [-0.3, -0.25) is 4.79 Å². The predicted molar refractivity (Wildman–Crippen MR) is 182 cm³/mol. The van der Waals surface area contributed by atoms with Gasteiger partial charge in [-0.05, 0) is 70.8 Å². The van der Waals surface area contributed by atoms with Gasteiger partial charge in [-0.15, -0.1) is 0 Å². The minimum absolute atomic E-state index is 0.0846. The van der Waals surface area contributed by atoms with E-state index in [-0.39, 0.29) is 11.7 Å². The van der Waals surface area contributed by atoms with E-state index in [4.69, 9.17) is 9.47 Å². The molecule has 2 rings (SSSR count). The van der Waals surface area contributed by atoms with Crippen molar-refractivity contribution < 1.29 is 19.4 Å². The average Bonchev–Trinajstić information content (AvgIpc) is 3.34. The van der Waals surface area contributed by atoms with Crippen molar-refractivity contribution in [2.45, 2.75) is 179 Å². The quantitative estimate of drug-likeness (QED) is 0.0550. The Morgan fingerprint density at radius 1 is 0.930 bits per heavy atom. The van der Waals surface area contributed by atoms with Crippen molar-refractivity contribution in [2.75, 3.05) is 6.61 Å². The molecule has 1 aliphatic heterocycles. The summed E-state index contributed by atoms with van der Waals surface area (Å²) < 4.78 is 11.6. The highest BCUT2D eigenvalue weighted by molar-refractivity contribution is 5.36. The maximum atomic E-state index is 10.7. The fourth-order valence-electron chi connectivity index (χ4n) is 6.84. The lowest BCUT2D eigenvalue weighted by molar-refractivity contribution is -0.128. The monoisotopic (exact) mass is 598 g/mol. The molecule has 246 valence electrons. The third-order valence-corrected chi connectivity index (χ3v) is 9.44. The van der Waals surface area contributed by atoms with Crippen LogP contribution in [0.5, 0.6) is 0 Å². The lowest BCUT2D eigenvalue weighted by Gasteiger charge is -2.27. The molecule has 0 amide bonds. The Kier molecular flexibility index (Phi) is 19.2. The minimum atomic E-state index is -0.741. The van der Waals surface area contributed by atoms with Crippen molar-refractivity contribution in [1.29, 1.82) is 0 Å². The third-order valence-electron chi connectivity index (χ3n) is 9.44. The molecule has 1 heterocycles. The number of hydrogen-bond donors (Lipinski definition) is 1. The molecule has 1 saturated heterocycles. The molecule has 1 N–H and O–H groups in total. The van der Waals surface area contributed by atoms with E-state index in [1.165, 1.54) is 108 Å². The van der Waals surface area contributed by atoms with E-state index in [0.717, 1.165) is 44.1 Å². The summed E-state index contributed by atoms with van der Waals surface area (Å²) in [6.45, 7) is 11.7. The molecule has 4 unspecified atom stereocenters. The van der Waals surface area contributed by atoms with Gasteiger partial charge in [0, 0.05) is 0 Å². The van der Waals surface area contributed by atoms with Crippen LogP contribution in [0.1, 0.15) is 162 Å². The molecule has 0 aromatic heterocycles. The first-order valence-electron chi connectivity index (χ1n) is 17.9. The number of carbonyl (C=O) groups excluding carboxylic acids is 1. The van der Waals surface area contributed by atoms with E-state index in [9.17, 15) is 9.90 Å². The van der Waals surface area contributed by atoms with Gasteiger partial charge in [0.2, 0.25) is 0 Å². The SMILES string of the molecule is C=C1CC=CC(C)(O)CCC2CC(C=CC=C(C)C)(CCCCCCCCCCCCCCCCCCCOC=O)OC12. The van der Waals surface area contributed by atoms with E-state index in [0.29, 0.717) is 19.0 Å². The standard InChI is InChI=1S/C39H66O4/c1-34(2)24-22-29-39(32-36-26-30-38(4,41)27-23-25-35(3)37(36)43-39)28-20-18-16-14-12-10-8-6-5-7-9-11-13-15-17-19-21-31-42-33-40/h22-24,27,29,33,36-37,41H,3,5-21,25-26,28,30-32H2,1-2,4H3. The number of unbranched alkanes of at least 4 members (excludes halogenated alkanes) is 16. The molecular weight excluding hydrogens is 532 g/mol. The zero-order valence-electron chi connectivity index (χ0n) is 28.3. The van der Waals surface area contributed by atoms with Gasteiger partial charge < -0.3 is 14.6 Å². The Morgan fingerprint density at radius 2 is 1.47 bits per heavy atom. The summed E-state index contributed by atoms with van der Waals surface area (Å²) in [5, 5.41) is 10.7. The Labute approximate surface area is 265 Å². The summed E-state index contributed by atoms with van der Waals surface area (Å²) in [6, 6.07) is 0. The largest absolute Gasteiger partial charge is 0.468 e. The van der Waals surface area contributed by atoms with Crippen molar-refractivity contribution in [3.05, 3.63) is 48.1 Å². The first-order valence-corrected chi connectivity index (χ1v) is 17.9. The molecule has 1 fully saturated rings. The van der Waals surface area contributed by atoms with Crippen molar-refractivity contribution >= 4 is 6.47 Å². The van der Waals surface area contributed by atoms with Crippen molar-refractivity contribution in [3.8, 4) is 0 Å². The number of hydrogen-bond acceptors (Lipinski definition) is 4. The second-order valence-electron chi connectivity index (χ2n) is 14.1. The van der Waals surface area contributed by atoms with Gasteiger partial charge in [-0.25, -0.2) is 0 Å². The van der Waals surface area contributed by atoms with E-state index >= 15 is 0 Å². The lowest BCUT2D eigenvalue weighted by Crippen LogP contribution is -2.27. The maximum Gasteiger partial charge on any atom is 0.293 e. The van der Waals surface area contributed by atoms with Crippen molar-refractivity contribution in [1.82, 2.24) is 0 Å². The molecule has 43 heavy (non-hydrogen) atoms. The molecule has 0 spiro atoms. The molecule has 0 aromatic rings. The summed E-state index contributed by atoms with van der Waals surface area (Å²) in [6.07, 6.45) is 37.9. The number of fused-ring (bicyclic) bond motifs is 1. The normalized spacial score (nSPS) is 25.7. The van der Waals surface area contributed by atoms with Gasteiger partial charge in [0.15, 0.2) is 0 Å². The molecule has 0 aromatic carbocycles. The van der Waals surface area contributed by atoms with E-state index in [2.05, 4.69) is 44.7 Å². The number of aliphatic hydroxyl groups is 1. The third kappa shape index (κ3) is 16.8. The molecule has 0 bridgehead atoms. The second-order valence-corrected chi connectivity index (χ2v) is 14.1. The molecule has 0 saturated carbocycles. The van der Waals surface area contributed by atoms with Crippen LogP contribution in [-0.2, 0) is 14.3 Å². The zero-order chi connectivity index (χ0) is 31.2. The van der Waals surface area contributed by atoms with Gasteiger partial charge in [0.25, 0.3) is 6.47 Å². The Balaban J connectivity index is 1.58. The van der Waals surface area contributed by atoms with Crippen LogP contribution in [0, 0.1) is 5.92 Å². The number of ether oxygens (including phenoxy) is 2. The Hall–Kier alpha value is -1.65. The first-order chi connectivity index (χ1) is 20.8. The van der Waals surface area contributed by atoms with Gasteiger partial charge in [0.1, 0.15) is 0 Å². The summed E-state index contributed by atoms with van der Waals surface area (Å²) in [5.41, 5.74) is 1.50. The van der Waals surface area contributed by atoms with E-state index in [1.807, 2.05) is 13.0 Å². The van der Waals surface area contributed by atoms with Gasteiger partial charge in [-0.1, -0.05) is 145 Å². The van der Waals surface area contributed by atoms with Gasteiger partial charge in [0.05, 0.1) is 23.9 Å². The summed E-state index contributed by atoms with van der Waals surface area (Å²) in [7, 11) is 0. The average molecular weight is 599 g/mol. The highest BCUT2D eigenvalue weighted by Crippen LogP contribution is 2.46. The number of allylic oxidation sites excluding steroid dienone is 4. The summed E-state index contributed by atoms with van der Waals surface area (Å²) in [4.78, 5) is 10.1. The highest BCUT2D eigenvalue weighted by Gasteiger charge is 2.45. The van der Waals surface area contributed by atoms with Gasteiger partial charge in [-0.2, -0.15) is 0 Å². The second kappa shape index (κ2) is 22.0. The van der Waals surface area contributed by atoms with Crippen LogP contribution in [0.4, 0.5) is 0 Å². The molecule has 4 heteroatoms. The van der Waals surface area contributed by atoms with Crippen LogP contribution in [0.3, 0.4) is 0 Å². The van der Waals surface area contributed by atoms with Crippen LogP contribution in [0.15, 0.2) is 48.1 Å². The van der Waals surface area contributed by atoms with Crippen molar-refractivity contribution in [3.63, 3.8) is 0 Å². The van der Waals surface area contributed by atoms with E-state index in [1.54, 1.807) is 0 Å². The fourth-order valence-corrected chi connectivity index (χ4v) is 6.84. The number of carbonyl (C=O) groups is 1. The maximum absolute atomic E-state index is 10.7. The molecular formula is C39H66O4. The fraction of sp³-hybridized carbons (Fsp3) is 0.769. The Bertz CT molecular complexity index is 849.